The molecule has 27 heavy (non-hydrogen) atoms. The summed E-state index contributed by atoms with van der Waals surface area (Å²) in [5, 5.41) is 9.96. The zero-order valence-electron chi connectivity index (χ0n) is 15.6. The molecule has 1 aliphatic heterocycles. The van der Waals surface area contributed by atoms with Gasteiger partial charge in [0.1, 0.15) is 0 Å². The maximum absolute atomic E-state index is 12.4. The van der Waals surface area contributed by atoms with Crippen LogP contribution in [-0.2, 0) is 11.3 Å². The quantitative estimate of drug-likeness (QED) is 0.789. The van der Waals surface area contributed by atoms with Gasteiger partial charge in [-0.2, -0.15) is 5.10 Å². The fourth-order valence-electron chi connectivity index (χ4n) is 3.04. The van der Waals surface area contributed by atoms with Crippen molar-refractivity contribution in [1.29, 1.82) is 0 Å². The van der Waals surface area contributed by atoms with Crippen molar-refractivity contribution in [1.82, 2.24) is 30.2 Å². The van der Waals surface area contributed by atoms with Crippen molar-refractivity contribution < 1.29 is 9.59 Å². The van der Waals surface area contributed by atoms with Gasteiger partial charge in [-0.15, -0.1) is 0 Å². The second kappa shape index (κ2) is 9.18. The minimum atomic E-state index is -0.0659. The Hall–Kier alpha value is -2.87. The van der Waals surface area contributed by atoms with Gasteiger partial charge in [-0.3, -0.25) is 9.69 Å². The minimum absolute atomic E-state index is 0.0361. The molecule has 3 amide bonds. The average molecular weight is 370 g/mol. The summed E-state index contributed by atoms with van der Waals surface area (Å²) in [6.45, 7) is 6.11. The molecule has 0 unspecified atom stereocenters. The van der Waals surface area contributed by atoms with Gasteiger partial charge in [0.25, 0.3) is 0 Å². The lowest BCUT2D eigenvalue weighted by atomic mass is 10.2. The van der Waals surface area contributed by atoms with Crippen LogP contribution in [0.25, 0.3) is 5.69 Å². The SMILES string of the molecule is CCNC(=O)CN1CCN(C(=O)NCc2ccc(-n3cccn3)cc2)CC1. The molecule has 0 atom stereocenters. The highest BCUT2D eigenvalue weighted by atomic mass is 16.2. The number of rotatable bonds is 6. The number of nitrogens with one attached hydrogen (secondary N) is 2. The van der Waals surface area contributed by atoms with E-state index < -0.39 is 0 Å². The van der Waals surface area contributed by atoms with Gasteiger partial charge in [-0.25, -0.2) is 9.48 Å². The third-order valence-electron chi connectivity index (χ3n) is 4.55. The molecule has 0 aliphatic carbocycles. The Kier molecular flexibility index (Phi) is 6.43. The van der Waals surface area contributed by atoms with Gasteiger partial charge in [0.05, 0.1) is 12.2 Å². The molecule has 0 radical (unpaired) electrons. The van der Waals surface area contributed by atoms with Crippen LogP contribution in [0.3, 0.4) is 0 Å². The zero-order chi connectivity index (χ0) is 19.1. The van der Waals surface area contributed by atoms with Gasteiger partial charge in [-0.1, -0.05) is 12.1 Å². The number of benzene rings is 1. The number of likely N-dealkylation sites (N-methyl/N-ethyl adjacent to an activating group) is 1. The average Bonchev–Trinajstić information content (AvgIpc) is 3.22. The van der Waals surface area contributed by atoms with Gasteiger partial charge in [-0.05, 0) is 30.7 Å². The zero-order valence-corrected chi connectivity index (χ0v) is 15.6. The lowest BCUT2D eigenvalue weighted by molar-refractivity contribution is -0.122. The van der Waals surface area contributed by atoms with E-state index in [-0.39, 0.29) is 11.9 Å². The van der Waals surface area contributed by atoms with E-state index >= 15 is 0 Å². The molecule has 1 aromatic heterocycles. The summed E-state index contributed by atoms with van der Waals surface area (Å²) in [5.41, 5.74) is 2.02. The summed E-state index contributed by atoms with van der Waals surface area (Å²) in [4.78, 5) is 27.9. The Morgan fingerprint density at radius 1 is 1.07 bits per heavy atom. The van der Waals surface area contributed by atoms with Crippen molar-refractivity contribution in [2.45, 2.75) is 13.5 Å². The highest BCUT2D eigenvalue weighted by Crippen LogP contribution is 2.09. The molecule has 3 rings (SSSR count). The second-order valence-corrected chi connectivity index (χ2v) is 6.49. The van der Waals surface area contributed by atoms with Crippen LogP contribution in [0.1, 0.15) is 12.5 Å². The number of carbonyl (C=O) groups excluding carboxylic acids is 2. The lowest BCUT2D eigenvalue weighted by Gasteiger charge is -2.34. The van der Waals surface area contributed by atoms with E-state index in [4.69, 9.17) is 0 Å². The largest absolute Gasteiger partial charge is 0.355 e. The number of nitrogens with zero attached hydrogens (tertiary/aromatic N) is 4. The predicted molar refractivity (Wildman–Crippen MR) is 102 cm³/mol. The van der Waals surface area contributed by atoms with Gasteiger partial charge in [0.2, 0.25) is 5.91 Å². The van der Waals surface area contributed by atoms with Crippen molar-refractivity contribution in [2.75, 3.05) is 39.3 Å². The number of carbonyl (C=O) groups is 2. The monoisotopic (exact) mass is 370 g/mol. The number of hydrogen-bond donors (Lipinski definition) is 2. The van der Waals surface area contributed by atoms with Crippen LogP contribution >= 0.6 is 0 Å². The van der Waals surface area contributed by atoms with Crippen molar-refractivity contribution in [2.24, 2.45) is 0 Å². The van der Waals surface area contributed by atoms with Crippen molar-refractivity contribution in [3.63, 3.8) is 0 Å². The third kappa shape index (κ3) is 5.30. The van der Waals surface area contributed by atoms with E-state index in [9.17, 15) is 9.59 Å². The molecule has 1 saturated heterocycles. The summed E-state index contributed by atoms with van der Waals surface area (Å²) in [6, 6.07) is 9.75. The van der Waals surface area contributed by atoms with E-state index in [2.05, 4.69) is 20.6 Å². The van der Waals surface area contributed by atoms with Crippen LogP contribution in [0, 0.1) is 0 Å². The summed E-state index contributed by atoms with van der Waals surface area (Å²) in [7, 11) is 0. The Morgan fingerprint density at radius 3 is 2.44 bits per heavy atom. The Morgan fingerprint density at radius 2 is 1.81 bits per heavy atom. The third-order valence-corrected chi connectivity index (χ3v) is 4.55. The van der Waals surface area contributed by atoms with Crippen molar-refractivity contribution >= 4 is 11.9 Å². The van der Waals surface area contributed by atoms with Crippen molar-refractivity contribution in [3.8, 4) is 5.69 Å². The maximum atomic E-state index is 12.4. The Labute approximate surface area is 159 Å². The predicted octanol–water partition coefficient (Wildman–Crippen LogP) is 0.836. The van der Waals surface area contributed by atoms with Crippen molar-refractivity contribution in [3.05, 3.63) is 48.3 Å². The first-order chi connectivity index (χ1) is 13.2. The maximum Gasteiger partial charge on any atom is 0.317 e. The number of amides is 3. The highest BCUT2D eigenvalue weighted by molar-refractivity contribution is 5.78. The summed E-state index contributed by atoms with van der Waals surface area (Å²) in [6.07, 6.45) is 3.63. The first-order valence-corrected chi connectivity index (χ1v) is 9.26. The summed E-state index contributed by atoms with van der Waals surface area (Å²) >= 11 is 0. The molecule has 0 spiro atoms. The Bertz CT molecular complexity index is 736. The molecule has 2 N–H and O–H groups in total. The molecule has 144 valence electrons. The summed E-state index contributed by atoms with van der Waals surface area (Å²) in [5.74, 6) is 0.0361. The van der Waals surface area contributed by atoms with Crippen LogP contribution in [0.15, 0.2) is 42.7 Å². The normalized spacial score (nSPS) is 14.8. The topological polar surface area (TPSA) is 82.5 Å². The van der Waals surface area contributed by atoms with Gasteiger partial charge >= 0.3 is 6.03 Å². The fourth-order valence-corrected chi connectivity index (χ4v) is 3.04. The molecule has 8 heteroatoms. The number of aromatic nitrogens is 2. The smallest absolute Gasteiger partial charge is 0.317 e. The van der Waals surface area contributed by atoms with E-state index in [0.29, 0.717) is 45.8 Å². The molecule has 1 aromatic carbocycles. The first-order valence-electron chi connectivity index (χ1n) is 9.26. The molecule has 0 bridgehead atoms. The van der Waals surface area contributed by atoms with Crippen LogP contribution in [0.5, 0.6) is 0 Å². The van der Waals surface area contributed by atoms with E-state index in [1.807, 2.05) is 43.5 Å². The van der Waals surface area contributed by atoms with E-state index in [1.54, 1.807) is 15.8 Å². The molecule has 0 saturated carbocycles. The van der Waals surface area contributed by atoms with Crippen LogP contribution in [0.4, 0.5) is 4.79 Å². The molecule has 2 aromatic rings. The molecule has 8 nitrogen and oxygen atoms in total. The molecule has 1 fully saturated rings. The first kappa shape index (κ1) is 18.9. The molecular formula is C19H26N6O2. The molecular weight excluding hydrogens is 344 g/mol. The van der Waals surface area contributed by atoms with E-state index in [1.165, 1.54) is 0 Å². The van der Waals surface area contributed by atoms with Gasteiger partial charge in [0, 0.05) is 51.7 Å². The van der Waals surface area contributed by atoms with Gasteiger partial charge in [0.15, 0.2) is 0 Å². The fraction of sp³-hybridized carbons (Fsp3) is 0.421. The van der Waals surface area contributed by atoms with Crippen LogP contribution in [0.2, 0.25) is 0 Å². The van der Waals surface area contributed by atoms with E-state index in [0.717, 1.165) is 11.3 Å². The minimum Gasteiger partial charge on any atom is -0.355 e. The lowest BCUT2D eigenvalue weighted by Crippen LogP contribution is -2.53. The van der Waals surface area contributed by atoms with Crippen LogP contribution in [-0.4, -0.2) is 70.8 Å². The standard InChI is InChI=1S/C19H26N6O2/c1-2-20-18(26)15-23-10-12-24(13-11-23)19(27)21-14-16-4-6-17(7-5-16)25-9-3-8-22-25/h3-9H,2,10-15H2,1H3,(H,20,26)(H,21,27). The number of piperazine rings is 1. The highest BCUT2D eigenvalue weighted by Gasteiger charge is 2.22. The molecule has 2 heterocycles. The van der Waals surface area contributed by atoms with Gasteiger partial charge < -0.3 is 15.5 Å². The van der Waals surface area contributed by atoms with Crippen LogP contribution < -0.4 is 10.6 Å². The molecule has 1 aliphatic rings. The second-order valence-electron chi connectivity index (χ2n) is 6.49. The number of hydrogen-bond acceptors (Lipinski definition) is 4. The summed E-state index contributed by atoms with van der Waals surface area (Å²) < 4.78 is 1.79. The Balaban J connectivity index is 1.41. The number of urea groups is 1.